The summed E-state index contributed by atoms with van der Waals surface area (Å²) in [5.41, 5.74) is 0.632. The van der Waals surface area contributed by atoms with Crippen molar-refractivity contribution in [1.29, 1.82) is 0 Å². The molecule has 1 unspecified atom stereocenters. The maximum absolute atomic E-state index is 12.9. The van der Waals surface area contributed by atoms with Crippen LogP contribution in [0.1, 0.15) is 17.2 Å². The Labute approximate surface area is 184 Å². The number of phenolic OH excluding ortho intramolecular Hbond substituents is 1. The maximum Gasteiger partial charge on any atom is 0.295 e. The Balaban J connectivity index is 2.19. The summed E-state index contributed by atoms with van der Waals surface area (Å²) in [6.45, 7) is 0.304. The van der Waals surface area contributed by atoms with Crippen LogP contribution in [-0.2, 0) is 14.3 Å². The van der Waals surface area contributed by atoms with Crippen molar-refractivity contribution < 1.29 is 34.0 Å². The lowest BCUT2D eigenvalue weighted by molar-refractivity contribution is -0.140. The minimum Gasteiger partial charge on any atom is -0.507 e. The fourth-order valence-electron chi connectivity index (χ4n) is 3.48. The predicted octanol–water partition coefficient (Wildman–Crippen LogP) is 3.13. The molecule has 8 nitrogen and oxygen atoms in total. The van der Waals surface area contributed by atoms with Crippen molar-refractivity contribution in [2.75, 3.05) is 34.5 Å². The standard InChI is InChI=1S/C22H22ClNO7/c1-29-9-8-24-19(12-4-6-15(25)14(23)10-12)18(21(27)22(24)28)20(26)13-5-7-16(30-2)17(11-13)31-3/h4-7,10-11,19,25-26H,8-9H2,1-3H3/b20-18-. The number of carbonyl (C=O) groups excluding carboxylic acids is 2. The topological polar surface area (TPSA) is 106 Å². The van der Waals surface area contributed by atoms with Crippen molar-refractivity contribution in [3.05, 3.63) is 58.1 Å². The molecule has 1 aliphatic heterocycles. The van der Waals surface area contributed by atoms with Gasteiger partial charge in [0.2, 0.25) is 0 Å². The number of hydrogen-bond acceptors (Lipinski definition) is 7. The van der Waals surface area contributed by atoms with Crippen LogP contribution in [0.4, 0.5) is 0 Å². The number of likely N-dealkylation sites (tertiary alicyclic amines) is 1. The van der Waals surface area contributed by atoms with E-state index in [4.69, 9.17) is 25.8 Å². The van der Waals surface area contributed by atoms with Crippen molar-refractivity contribution in [1.82, 2.24) is 4.90 Å². The molecule has 0 saturated carbocycles. The van der Waals surface area contributed by atoms with Gasteiger partial charge in [0.25, 0.3) is 11.7 Å². The summed E-state index contributed by atoms with van der Waals surface area (Å²) < 4.78 is 15.5. The number of Topliss-reactive ketones (excluding diaryl/α,β-unsaturated/α-hetero) is 1. The van der Waals surface area contributed by atoms with E-state index in [1.54, 1.807) is 18.2 Å². The molecule has 3 rings (SSSR count). The normalized spacial score (nSPS) is 17.8. The van der Waals surface area contributed by atoms with Crippen LogP contribution in [0.5, 0.6) is 17.2 Å². The Hall–Kier alpha value is -3.23. The molecule has 0 spiro atoms. The number of aromatic hydroxyl groups is 1. The number of phenols is 1. The third kappa shape index (κ3) is 4.17. The monoisotopic (exact) mass is 447 g/mol. The molecule has 2 aromatic carbocycles. The van der Waals surface area contributed by atoms with Crippen molar-refractivity contribution in [2.24, 2.45) is 0 Å². The van der Waals surface area contributed by atoms with Gasteiger partial charge in [-0.1, -0.05) is 17.7 Å². The van der Waals surface area contributed by atoms with E-state index >= 15 is 0 Å². The fourth-order valence-corrected chi connectivity index (χ4v) is 3.67. The molecule has 2 N–H and O–H groups in total. The van der Waals surface area contributed by atoms with Gasteiger partial charge < -0.3 is 29.3 Å². The van der Waals surface area contributed by atoms with Crippen LogP contribution in [0.25, 0.3) is 5.76 Å². The summed E-state index contributed by atoms with van der Waals surface area (Å²) in [5.74, 6) is -1.32. The fraction of sp³-hybridized carbons (Fsp3) is 0.273. The number of rotatable bonds is 7. The average molecular weight is 448 g/mol. The summed E-state index contributed by atoms with van der Waals surface area (Å²) in [4.78, 5) is 27.0. The van der Waals surface area contributed by atoms with E-state index in [1.807, 2.05) is 0 Å². The first-order chi connectivity index (χ1) is 14.8. The van der Waals surface area contributed by atoms with Crippen LogP contribution >= 0.6 is 11.6 Å². The molecular weight excluding hydrogens is 426 g/mol. The largest absolute Gasteiger partial charge is 0.507 e. The number of amides is 1. The third-order valence-corrected chi connectivity index (χ3v) is 5.32. The van der Waals surface area contributed by atoms with Crippen LogP contribution in [0.3, 0.4) is 0 Å². The third-order valence-electron chi connectivity index (χ3n) is 5.02. The van der Waals surface area contributed by atoms with Gasteiger partial charge in [-0.3, -0.25) is 9.59 Å². The Morgan fingerprint density at radius 2 is 1.77 bits per heavy atom. The molecule has 1 saturated heterocycles. The van der Waals surface area contributed by atoms with Gasteiger partial charge in [0, 0.05) is 19.2 Å². The number of carbonyl (C=O) groups is 2. The first-order valence-corrected chi connectivity index (χ1v) is 9.70. The number of halogens is 1. The van der Waals surface area contributed by atoms with Gasteiger partial charge in [0.15, 0.2) is 11.5 Å². The molecule has 0 aromatic heterocycles. The lowest BCUT2D eigenvalue weighted by Gasteiger charge is -2.25. The van der Waals surface area contributed by atoms with Gasteiger partial charge >= 0.3 is 0 Å². The molecule has 9 heteroatoms. The van der Waals surface area contributed by atoms with E-state index < -0.39 is 17.7 Å². The van der Waals surface area contributed by atoms with E-state index in [9.17, 15) is 19.8 Å². The first-order valence-electron chi connectivity index (χ1n) is 9.32. The van der Waals surface area contributed by atoms with Crippen molar-refractivity contribution in [2.45, 2.75) is 6.04 Å². The molecule has 0 aliphatic carbocycles. The molecule has 1 aliphatic rings. The van der Waals surface area contributed by atoms with Crippen molar-refractivity contribution >= 4 is 29.1 Å². The quantitative estimate of drug-likeness (QED) is 0.381. The van der Waals surface area contributed by atoms with E-state index in [2.05, 4.69) is 0 Å². The van der Waals surface area contributed by atoms with Crippen LogP contribution in [0.15, 0.2) is 42.0 Å². The minimum absolute atomic E-state index is 0.0564. The highest BCUT2D eigenvalue weighted by molar-refractivity contribution is 6.46. The van der Waals surface area contributed by atoms with Crippen LogP contribution in [-0.4, -0.2) is 61.3 Å². The number of ether oxygens (including phenoxy) is 3. The zero-order valence-electron chi connectivity index (χ0n) is 17.2. The summed E-state index contributed by atoms with van der Waals surface area (Å²) in [6.07, 6.45) is 0. The molecule has 0 radical (unpaired) electrons. The molecular formula is C22H22ClNO7. The summed E-state index contributed by atoms with van der Waals surface area (Å²) in [7, 11) is 4.41. The lowest BCUT2D eigenvalue weighted by Crippen LogP contribution is -2.32. The Morgan fingerprint density at radius 3 is 2.39 bits per heavy atom. The van der Waals surface area contributed by atoms with Crippen LogP contribution < -0.4 is 9.47 Å². The maximum atomic E-state index is 12.9. The van der Waals surface area contributed by atoms with Gasteiger partial charge in [-0.25, -0.2) is 0 Å². The van der Waals surface area contributed by atoms with Crippen molar-refractivity contribution in [3.63, 3.8) is 0 Å². The molecule has 2 aromatic rings. The number of nitrogens with zero attached hydrogens (tertiary/aromatic N) is 1. The van der Waals surface area contributed by atoms with Crippen molar-refractivity contribution in [3.8, 4) is 17.2 Å². The number of aliphatic hydroxyl groups excluding tert-OH is 1. The van der Waals surface area contributed by atoms with Gasteiger partial charge in [-0.2, -0.15) is 0 Å². The second-order valence-electron chi connectivity index (χ2n) is 6.77. The van der Waals surface area contributed by atoms with E-state index in [0.717, 1.165) is 0 Å². The number of benzene rings is 2. The number of methoxy groups -OCH3 is 3. The highest BCUT2D eigenvalue weighted by Gasteiger charge is 2.46. The van der Waals surface area contributed by atoms with Crippen LogP contribution in [0.2, 0.25) is 5.02 Å². The minimum atomic E-state index is -0.915. The molecule has 1 atom stereocenters. The molecule has 1 amide bonds. The Bertz CT molecular complexity index is 1050. The first kappa shape index (κ1) is 22.5. The second-order valence-corrected chi connectivity index (χ2v) is 7.17. The zero-order chi connectivity index (χ0) is 22.7. The summed E-state index contributed by atoms with van der Waals surface area (Å²) in [6, 6.07) is 8.10. The molecule has 1 fully saturated rings. The molecule has 31 heavy (non-hydrogen) atoms. The van der Waals surface area contributed by atoms with Gasteiger partial charge in [0.1, 0.15) is 11.5 Å². The SMILES string of the molecule is COCCN1C(=O)C(=O)/C(=C(\O)c2ccc(OC)c(OC)c2)C1c1ccc(O)c(Cl)c1. The van der Waals surface area contributed by atoms with Crippen LogP contribution in [0, 0.1) is 0 Å². The predicted molar refractivity (Wildman–Crippen MR) is 114 cm³/mol. The number of aliphatic hydroxyl groups is 1. The lowest BCUT2D eigenvalue weighted by atomic mass is 9.95. The second kappa shape index (κ2) is 9.28. The summed E-state index contributed by atoms with van der Waals surface area (Å²) in [5, 5.41) is 20.9. The smallest absolute Gasteiger partial charge is 0.295 e. The molecule has 0 bridgehead atoms. The highest BCUT2D eigenvalue weighted by Crippen LogP contribution is 2.42. The van der Waals surface area contributed by atoms with Gasteiger partial charge in [0.05, 0.1) is 37.5 Å². The molecule has 164 valence electrons. The van der Waals surface area contributed by atoms with E-state index in [1.165, 1.54) is 44.4 Å². The van der Waals surface area contributed by atoms with Gasteiger partial charge in [-0.15, -0.1) is 0 Å². The average Bonchev–Trinajstić information content (AvgIpc) is 3.03. The Morgan fingerprint density at radius 1 is 1.06 bits per heavy atom. The number of ketones is 1. The summed E-state index contributed by atoms with van der Waals surface area (Å²) >= 11 is 6.06. The zero-order valence-corrected chi connectivity index (χ0v) is 18.0. The Kier molecular flexibility index (Phi) is 6.72. The number of hydrogen-bond donors (Lipinski definition) is 2. The van der Waals surface area contributed by atoms with Gasteiger partial charge in [-0.05, 0) is 35.9 Å². The van der Waals surface area contributed by atoms with E-state index in [-0.39, 0.29) is 40.8 Å². The molecule has 1 heterocycles. The highest BCUT2D eigenvalue weighted by atomic mass is 35.5. The van der Waals surface area contributed by atoms with E-state index in [0.29, 0.717) is 17.1 Å².